The van der Waals surface area contributed by atoms with Crippen molar-refractivity contribution >= 4 is 5.91 Å². The summed E-state index contributed by atoms with van der Waals surface area (Å²) in [6.45, 7) is 8.85. The van der Waals surface area contributed by atoms with Crippen molar-refractivity contribution in [2.75, 3.05) is 19.6 Å². The third-order valence-electron chi connectivity index (χ3n) is 6.00. The summed E-state index contributed by atoms with van der Waals surface area (Å²) in [5, 5.41) is 0. The van der Waals surface area contributed by atoms with Crippen molar-refractivity contribution in [2.24, 2.45) is 40.7 Å². The Morgan fingerprint density at radius 2 is 1.85 bits per heavy atom. The van der Waals surface area contributed by atoms with Crippen molar-refractivity contribution < 1.29 is 4.79 Å². The highest BCUT2D eigenvalue weighted by molar-refractivity contribution is 5.83. The van der Waals surface area contributed by atoms with E-state index in [4.69, 9.17) is 5.73 Å². The molecule has 0 aliphatic heterocycles. The number of hydrogen-bond donors (Lipinski definition) is 1. The van der Waals surface area contributed by atoms with Gasteiger partial charge in [-0.15, -0.1) is 0 Å². The van der Waals surface area contributed by atoms with E-state index in [1.54, 1.807) is 0 Å². The third kappa shape index (κ3) is 2.28. The summed E-state index contributed by atoms with van der Waals surface area (Å²) in [5.41, 5.74) is 5.89. The lowest BCUT2D eigenvalue weighted by molar-refractivity contribution is -0.135. The van der Waals surface area contributed by atoms with E-state index in [1.165, 1.54) is 19.3 Å². The first kappa shape index (κ1) is 14.4. The van der Waals surface area contributed by atoms with Crippen molar-refractivity contribution in [1.29, 1.82) is 0 Å². The number of nitrogens with two attached hydrogens (primary N) is 1. The molecular weight excluding hydrogens is 248 g/mol. The second kappa shape index (κ2) is 5.01. The van der Waals surface area contributed by atoms with Crippen LogP contribution in [0, 0.1) is 35.0 Å². The van der Waals surface area contributed by atoms with Gasteiger partial charge < -0.3 is 10.6 Å². The Balaban J connectivity index is 1.65. The zero-order chi connectivity index (χ0) is 14.5. The number of nitrogens with zero attached hydrogens (tertiary/aromatic N) is 1. The maximum absolute atomic E-state index is 12.9. The van der Waals surface area contributed by atoms with E-state index in [1.807, 2.05) is 0 Å². The van der Waals surface area contributed by atoms with E-state index in [0.29, 0.717) is 18.4 Å². The van der Waals surface area contributed by atoms with Crippen LogP contribution in [0.3, 0.4) is 0 Å². The predicted molar refractivity (Wildman–Crippen MR) is 81.0 cm³/mol. The van der Waals surface area contributed by atoms with Gasteiger partial charge in [0.1, 0.15) is 0 Å². The number of rotatable bonds is 6. The maximum atomic E-state index is 12.9. The Morgan fingerprint density at radius 3 is 2.35 bits per heavy atom. The van der Waals surface area contributed by atoms with Gasteiger partial charge in [-0.3, -0.25) is 4.79 Å². The second-order valence-corrected chi connectivity index (χ2v) is 8.14. The van der Waals surface area contributed by atoms with E-state index in [0.717, 1.165) is 43.2 Å². The quantitative estimate of drug-likeness (QED) is 0.811. The lowest BCUT2D eigenvalue weighted by atomic mass is 9.92. The van der Waals surface area contributed by atoms with Crippen LogP contribution in [0.15, 0.2) is 0 Å². The molecule has 0 aromatic heterocycles. The van der Waals surface area contributed by atoms with Crippen LogP contribution in [0.5, 0.6) is 0 Å². The molecule has 4 atom stereocenters. The first-order valence-corrected chi connectivity index (χ1v) is 8.47. The van der Waals surface area contributed by atoms with Gasteiger partial charge in [0.25, 0.3) is 0 Å². The fourth-order valence-electron chi connectivity index (χ4n) is 4.98. The van der Waals surface area contributed by atoms with Gasteiger partial charge in [-0.2, -0.15) is 0 Å². The standard InChI is InChI=1S/C17H30N2O/c1-4-7-19(10-17(2,3)9-18)16(20)15-13-11-5-6-12(8-11)14(13)15/h11-15H,4-10,18H2,1-3H3. The number of carbonyl (C=O) groups excluding carboxylic acids is 1. The molecule has 114 valence electrons. The van der Waals surface area contributed by atoms with E-state index in [2.05, 4.69) is 25.7 Å². The predicted octanol–water partition coefficient (Wildman–Crippen LogP) is 2.50. The molecule has 20 heavy (non-hydrogen) atoms. The lowest BCUT2D eigenvalue weighted by Gasteiger charge is -2.32. The van der Waals surface area contributed by atoms with Gasteiger partial charge in [0, 0.05) is 19.0 Å². The van der Waals surface area contributed by atoms with Crippen molar-refractivity contribution in [3.8, 4) is 0 Å². The van der Waals surface area contributed by atoms with E-state index in [-0.39, 0.29) is 5.41 Å². The smallest absolute Gasteiger partial charge is 0.226 e. The van der Waals surface area contributed by atoms with Gasteiger partial charge in [0.05, 0.1) is 0 Å². The van der Waals surface area contributed by atoms with Crippen molar-refractivity contribution in [1.82, 2.24) is 4.90 Å². The molecule has 0 saturated heterocycles. The van der Waals surface area contributed by atoms with Crippen LogP contribution < -0.4 is 5.73 Å². The molecule has 3 rings (SSSR count). The largest absolute Gasteiger partial charge is 0.342 e. The fourth-order valence-corrected chi connectivity index (χ4v) is 4.98. The highest BCUT2D eigenvalue weighted by Gasteiger charge is 2.67. The van der Waals surface area contributed by atoms with Crippen LogP contribution in [-0.4, -0.2) is 30.4 Å². The molecule has 3 saturated carbocycles. The van der Waals surface area contributed by atoms with Crippen LogP contribution in [0.2, 0.25) is 0 Å². The summed E-state index contributed by atoms with van der Waals surface area (Å²) in [7, 11) is 0. The second-order valence-electron chi connectivity index (χ2n) is 8.14. The van der Waals surface area contributed by atoms with Gasteiger partial charge in [0.15, 0.2) is 0 Å². The van der Waals surface area contributed by atoms with Gasteiger partial charge in [-0.05, 0) is 61.3 Å². The molecule has 3 nitrogen and oxygen atoms in total. The topological polar surface area (TPSA) is 46.3 Å². The number of fused-ring (bicyclic) bond motifs is 5. The van der Waals surface area contributed by atoms with Gasteiger partial charge in [-0.1, -0.05) is 20.8 Å². The van der Waals surface area contributed by atoms with E-state index in [9.17, 15) is 4.79 Å². The number of carbonyl (C=O) groups is 1. The fraction of sp³-hybridized carbons (Fsp3) is 0.941. The summed E-state index contributed by atoms with van der Waals surface area (Å²) in [6, 6.07) is 0. The molecule has 0 aromatic rings. The first-order chi connectivity index (χ1) is 9.48. The van der Waals surface area contributed by atoms with Gasteiger partial charge in [0.2, 0.25) is 5.91 Å². The average Bonchev–Trinajstić information content (AvgIpc) is 2.85. The van der Waals surface area contributed by atoms with Crippen LogP contribution >= 0.6 is 0 Å². The van der Waals surface area contributed by atoms with E-state index >= 15 is 0 Å². The molecule has 4 unspecified atom stereocenters. The Morgan fingerprint density at radius 1 is 1.25 bits per heavy atom. The molecular formula is C17H30N2O. The number of amides is 1. The summed E-state index contributed by atoms with van der Waals surface area (Å²) in [4.78, 5) is 15.0. The van der Waals surface area contributed by atoms with Crippen LogP contribution in [0.4, 0.5) is 0 Å². The summed E-state index contributed by atoms with van der Waals surface area (Å²) in [6.07, 6.45) is 5.23. The van der Waals surface area contributed by atoms with E-state index < -0.39 is 0 Å². The first-order valence-electron chi connectivity index (χ1n) is 8.47. The summed E-state index contributed by atoms with van der Waals surface area (Å²) >= 11 is 0. The molecule has 3 heteroatoms. The zero-order valence-corrected chi connectivity index (χ0v) is 13.3. The Bertz CT molecular complexity index is 376. The molecule has 0 radical (unpaired) electrons. The van der Waals surface area contributed by atoms with Gasteiger partial charge in [-0.25, -0.2) is 0 Å². The van der Waals surface area contributed by atoms with Crippen molar-refractivity contribution in [3.05, 3.63) is 0 Å². The molecule has 0 heterocycles. The Hall–Kier alpha value is -0.570. The summed E-state index contributed by atoms with van der Waals surface area (Å²) < 4.78 is 0. The lowest BCUT2D eigenvalue weighted by Crippen LogP contribution is -2.43. The number of hydrogen-bond acceptors (Lipinski definition) is 2. The molecule has 2 bridgehead atoms. The minimum absolute atomic E-state index is 0.0355. The Kier molecular flexibility index (Phi) is 3.60. The minimum Gasteiger partial charge on any atom is -0.342 e. The molecule has 0 spiro atoms. The SMILES string of the molecule is CCCN(CC(C)(C)CN)C(=O)C1C2C3CCC(C3)C12. The molecule has 2 N–H and O–H groups in total. The van der Waals surface area contributed by atoms with Crippen molar-refractivity contribution in [2.45, 2.75) is 46.5 Å². The monoisotopic (exact) mass is 278 g/mol. The van der Waals surface area contributed by atoms with Crippen LogP contribution in [-0.2, 0) is 4.79 Å². The highest BCUT2D eigenvalue weighted by atomic mass is 16.2. The average molecular weight is 278 g/mol. The molecule has 1 amide bonds. The third-order valence-corrected chi connectivity index (χ3v) is 6.00. The minimum atomic E-state index is 0.0355. The maximum Gasteiger partial charge on any atom is 0.226 e. The molecule has 3 aliphatic rings. The van der Waals surface area contributed by atoms with Crippen LogP contribution in [0.25, 0.3) is 0 Å². The zero-order valence-electron chi connectivity index (χ0n) is 13.3. The molecule has 0 aromatic carbocycles. The molecule has 3 fully saturated rings. The Labute approximate surface area is 123 Å². The normalized spacial score (nSPS) is 37.9. The summed E-state index contributed by atoms with van der Waals surface area (Å²) in [5.74, 6) is 4.08. The molecule has 3 aliphatic carbocycles. The highest BCUT2D eigenvalue weighted by Crippen LogP contribution is 2.69. The van der Waals surface area contributed by atoms with Crippen molar-refractivity contribution in [3.63, 3.8) is 0 Å². The van der Waals surface area contributed by atoms with Gasteiger partial charge >= 0.3 is 0 Å². The van der Waals surface area contributed by atoms with Crippen LogP contribution in [0.1, 0.15) is 46.5 Å².